The molecule has 0 radical (unpaired) electrons. The Hall–Kier alpha value is -2.27. The minimum absolute atomic E-state index is 0.278. The molecule has 0 saturated heterocycles. The summed E-state index contributed by atoms with van der Waals surface area (Å²) in [6, 6.07) is 0.538. The molecule has 0 unspecified atom stereocenters. The van der Waals surface area contributed by atoms with Crippen molar-refractivity contribution in [1.82, 2.24) is 0 Å². The van der Waals surface area contributed by atoms with Crippen LogP contribution in [0.4, 0.5) is 13.2 Å². The largest absolute Gasteiger partial charge is 0.506 e. The third-order valence-electron chi connectivity index (χ3n) is 2.54. The molecule has 0 fully saturated rings. The molecule has 0 spiro atoms. The average Bonchev–Trinajstić information content (AvgIpc) is 2.39. The predicted octanol–water partition coefficient (Wildman–Crippen LogP) is 1.60. The van der Waals surface area contributed by atoms with E-state index in [1.807, 2.05) is 0 Å². The number of hydrogen-bond acceptors (Lipinski definition) is 5. The summed E-state index contributed by atoms with van der Waals surface area (Å²) in [5, 5.41) is 18.2. The number of hydrogen-bond donors (Lipinski definition) is 2. The SMILES string of the molecule is CCOC(=O)C(F)(F)[C@H](N)c1ccc(F)c(C#N)c1O. The van der Waals surface area contributed by atoms with Crippen molar-refractivity contribution in [2.24, 2.45) is 5.73 Å². The first-order chi connectivity index (χ1) is 9.27. The zero-order chi connectivity index (χ0) is 15.5. The molecule has 0 aromatic heterocycles. The van der Waals surface area contributed by atoms with E-state index in [-0.39, 0.29) is 6.61 Å². The number of nitriles is 1. The lowest BCUT2D eigenvalue weighted by molar-refractivity contribution is -0.174. The van der Waals surface area contributed by atoms with E-state index in [2.05, 4.69) is 4.74 Å². The van der Waals surface area contributed by atoms with Gasteiger partial charge in [-0.05, 0) is 13.0 Å². The summed E-state index contributed by atoms with van der Waals surface area (Å²) in [6.07, 6.45) is 0. The maximum Gasteiger partial charge on any atom is 0.379 e. The number of halogens is 3. The van der Waals surface area contributed by atoms with Gasteiger partial charge >= 0.3 is 11.9 Å². The molecule has 0 amide bonds. The van der Waals surface area contributed by atoms with Crippen molar-refractivity contribution >= 4 is 5.97 Å². The normalized spacial score (nSPS) is 12.6. The van der Waals surface area contributed by atoms with Crippen molar-refractivity contribution in [3.05, 3.63) is 29.1 Å². The van der Waals surface area contributed by atoms with Gasteiger partial charge in [0.2, 0.25) is 0 Å². The molecule has 1 atom stereocenters. The Balaban J connectivity index is 3.25. The van der Waals surface area contributed by atoms with E-state index in [9.17, 15) is 23.1 Å². The summed E-state index contributed by atoms with van der Waals surface area (Å²) in [6.45, 7) is 1.06. The van der Waals surface area contributed by atoms with Crippen LogP contribution in [-0.2, 0) is 9.53 Å². The number of carbonyl (C=O) groups excluding carboxylic acids is 1. The average molecular weight is 288 g/mol. The smallest absolute Gasteiger partial charge is 0.379 e. The van der Waals surface area contributed by atoms with E-state index in [0.29, 0.717) is 6.07 Å². The van der Waals surface area contributed by atoms with E-state index >= 15 is 0 Å². The number of nitrogens with zero attached hydrogens (tertiary/aromatic N) is 1. The Morgan fingerprint density at radius 2 is 2.20 bits per heavy atom. The molecule has 1 aromatic rings. The molecule has 0 aliphatic carbocycles. The number of benzene rings is 1. The predicted molar refractivity (Wildman–Crippen MR) is 61.3 cm³/mol. The molecule has 1 aromatic carbocycles. The second-order valence-corrected chi connectivity index (χ2v) is 3.79. The van der Waals surface area contributed by atoms with Gasteiger partial charge in [0.1, 0.15) is 29.2 Å². The summed E-state index contributed by atoms with van der Waals surface area (Å²) in [5.74, 6) is -8.10. The highest BCUT2D eigenvalue weighted by Gasteiger charge is 2.48. The zero-order valence-corrected chi connectivity index (χ0v) is 10.4. The number of rotatable bonds is 4. The first kappa shape index (κ1) is 15.8. The maximum absolute atomic E-state index is 13.7. The lowest BCUT2D eigenvalue weighted by Crippen LogP contribution is -2.41. The molecular formula is C12H11F3N2O3. The molecule has 0 saturated carbocycles. The van der Waals surface area contributed by atoms with Crippen LogP contribution in [0, 0.1) is 17.1 Å². The fourth-order valence-electron chi connectivity index (χ4n) is 1.49. The lowest BCUT2D eigenvalue weighted by Gasteiger charge is -2.22. The third-order valence-corrected chi connectivity index (χ3v) is 2.54. The summed E-state index contributed by atoms with van der Waals surface area (Å²) >= 11 is 0. The highest BCUT2D eigenvalue weighted by Crippen LogP contribution is 2.37. The van der Waals surface area contributed by atoms with E-state index in [1.54, 1.807) is 0 Å². The Kier molecular flexibility index (Phi) is 4.57. The molecule has 0 bridgehead atoms. The molecule has 0 heterocycles. The standard InChI is InChI=1S/C12H11F3N2O3/c1-2-20-11(19)12(14,15)10(17)6-3-4-8(13)7(5-16)9(6)18/h3-4,10,18H,2,17H2,1H3/t10-/m1/s1. The van der Waals surface area contributed by atoms with Crippen LogP contribution in [0.1, 0.15) is 24.1 Å². The van der Waals surface area contributed by atoms with Crippen LogP contribution in [-0.4, -0.2) is 23.6 Å². The summed E-state index contributed by atoms with van der Waals surface area (Å²) in [5.41, 5.74) is 3.79. The van der Waals surface area contributed by atoms with Gasteiger partial charge < -0.3 is 15.6 Å². The maximum atomic E-state index is 13.7. The molecule has 1 rings (SSSR count). The summed E-state index contributed by atoms with van der Waals surface area (Å²) < 4.78 is 44.8. The molecule has 3 N–H and O–H groups in total. The summed E-state index contributed by atoms with van der Waals surface area (Å²) in [7, 11) is 0. The van der Waals surface area contributed by atoms with Crippen LogP contribution in [0.5, 0.6) is 5.75 Å². The van der Waals surface area contributed by atoms with Crippen molar-refractivity contribution in [3.8, 4) is 11.8 Å². The van der Waals surface area contributed by atoms with Crippen molar-refractivity contribution in [2.75, 3.05) is 6.61 Å². The Morgan fingerprint density at radius 1 is 1.60 bits per heavy atom. The van der Waals surface area contributed by atoms with Gasteiger partial charge in [0, 0.05) is 5.56 Å². The molecule has 108 valence electrons. The van der Waals surface area contributed by atoms with Gasteiger partial charge in [-0.25, -0.2) is 9.18 Å². The number of esters is 1. The number of phenols is 1. The highest BCUT2D eigenvalue weighted by atomic mass is 19.3. The second kappa shape index (κ2) is 5.79. The van der Waals surface area contributed by atoms with E-state index in [0.717, 1.165) is 6.07 Å². The van der Waals surface area contributed by atoms with Gasteiger partial charge in [0.25, 0.3) is 0 Å². The van der Waals surface area contributed by atoms with Crippen LogP contribution in [0.25, 0.3) is 0 Å². The number of ether oxygens (including phenoxy) is 1. The molecular weight excluding hydrogens is 277 g/mol. The van der Waals surface area contributed by atoms with Gasteiger partial charge in [-0.3, -0.25) is 0 Å². The van der Waals surface area contributed by atoms with Crippen molar-refractivity contribution in [3.63, 3.8) is 0 Å². The molecule has 0 aliphatic rings. The van der Waals surface area contributed by atoms with Gasteiger partial charge in [0.15, 0.2) is 0 Å². The monoisotopic (exact) mass is 288 g/mol. The summed E-state index contributed by atoms with van der Waals surface area (Å²) in [4.78, 5) is 11.1. The van der Waals surface area contributed by atoms with Crippen LogP contribution in [0.15, 0.2) is 12.1 Å². The molecule has 0 aliphatic heterocycles. The Labute approximate surface area is 112 Å². The van der Waals surface area contributed by atoms with E-state index < -0.39 is 40.6 Å². The Bertz CT molecular complexity index is 570. The van der Waals surface area contributed by atoms with Gasteiger partial charge in [-0.2, -0.15) is 14.0 Å². The fourth-order valence-corrected chi connectivity index (χ4v) is 1.49. The van der Waals surface area contributed by atoms with E-state index in [4.69, 9.17) is 11.0 Å². The van der Waals surface area contributed by atoms with Crippen LogP contribution < -0.4 is 5.73 Å². The minimum Gasteiger partial charge on any atom is -0.506 e. The first-order valence-corrected chi connectivity index (χ1v) is 5.49. The lowest BCUT2D eigenvalue weighted by atomic mass is 9.98. The zero-order valence-electron chi connectivity index (χ0n) is 10.4. The highest BCUT2D eigenvalue weighted by molar-refractivity contribution is 5.79. The topological polar surface area (TPSA) is 96.3 Å². The minimum atomic E-state index is -4.13. The third kappa shape index (κ3) is 2.67. The number of phenolic OH excluding ortho intramolecular Hbond substituents is 1. The number of nitrogens with two attached hydrogens (primary N) is 1. The number of aromatic hydroxyl groups is 1. The fraction of sp³-hybridized carbons (Fsp3) is 0.333. The van der Waals surface area contributed by atoms with Crippen molar-refractivity contribution in [1.29, 1.82) is 5.26 Å². The molecule has 5 nitrogen and oxygen atoms in total. The number of alkyl halides is 2. The van der Waals surface area contributed by atoms with Crippen molar-refractivity contribution < 1.29 is 27.8 Å². The Morgan fingerprint density at radius 3 is 2.70 bits per heavy atom. The van der Waals surface area contributed by atoms with Crippen LogP contribution in [0.3, 0.4) is 0 Å². The number of carbonyl (C=O) groups is 1. The quantitative estimate of drug-likeness (QED) is 0.820. The van der Waals surface area contributed by atoms with Gasteiger partial charge in [-0.15, -0.1) is 0 Å². The molecule has 20 heavy (non-hydrogen) atoms. The van der Waals surface area contributed by atoms with Gasteiger partial charge in [0.05, 0.1) is 6.61 Å². The first-order valence-electron chi connectivity index (χ1n) is 5.49. The van der Waals surface area contributed by atoms with E-state index in [1.165, 1.54) is 13.0 Å². The van der Waals surface area contributed by atoms with Crippen molar-refractivity contribution in [2.45, 2.75) is 18.9 Å². The van der Waals surface area contributed by atoms with Crippen LogP contribution >= 0.6 is 0 Å². The van der Waals surface area contributed by atoms with Gasteiger partial charge in [-0.1, -0.05) is 6.07 Å². The van der Waals surface area contributed by atoms with Crippen LogP contribution in [0.2, 0.25) is 0 Å². The molecule has 8 heteroatoms. The second-order valence-electron chi connectivity index (χ2n) is 3.79.